The minimum atomic E-state index is -0.495. The van der Waals surface area contributed by atoms with Crippen LogP contribution in [-0.2, 0) is 11.3 Å². The van der Waals surface area contributed by atoms with Crippen molar-refractivity contribution in [2.24, 2.45) is 0 Å². The van der Waals surface area contributed by atoms with Gasteiger partial charge in [-0.2, -0.15) is 5.10 Å². The number of nitrogens with one attached hydrogen (secondary N) is 1. The minimum Gasteiger partial charge on any atom is -0.396 e. The summed E-state index contributed by atoms with van der Waals surface area (Å²) in [6, 6.07) is 5.97. The second kappa shape index (κ2) is 5.51. The maximum atomic E-state index is 13.0. The van der Waals surface area contributed by atoms with Gasteiger partial charge in [0.25, 0.3) is 0 Å². The molecule has 19 heavy (non-hydrogen) atoms. The van der Waals surface area contributed by atoms with Crippen molar-refractivity contribution >= 4 is 17.3 Å². The van der Waals surface area contributed by atoms with E-state index in [4.69, 9.17) is 5.73 Å². The highest BCUT2D eigenvalue weighted by Gasteiger charge is 2.05. The first kappa shape index (κ1) is 13.1. The monoisotopic (exact) mass is 262 g/mol. The number of carbonyl (C=O) groups excluding carboxylic acids is 1. The molecule has 0 aliphatic rings. The zero-order chi connectivity index (χ0) is 13.8. The molecule has 1 heterocycles. The van der Waals surface area contributed by atoms with Crippen LogP contribution in [0.4, 0.5) is 15.8 Å². The van der Waals surface area contributed by atoms with Crippen LogP contribution >= 0.6 is 0 Å². The smallest absolute Gasteiger partial charge is 0.226 e. The van der Waals surface area contributed by atoms with Gasteiger partial charge in [-0.05, 0) is 31.2 Å². The molecule has 2 aromatic rings. The molecule has 6 heteroatoms. The molecule has 0 unspecified atom stereocenters. The topological polar surface area (TPSA) is 72.9 Å². The Kier molecular flexibility index (Phi) is 3.79. The average molecular weight is 262 g/mol. The molecule has 0 radical (unpaired) electrons. The fourth-order valence-electron chi connectivity index (χ4n) is 1.65. The Morgan fingerprint density at radius 2 is 2.26 bits per heavy atom. The van der Waals surface area contributed by atoms with Gasteiger partial charge in [0.1, 0.15) is 5.82 Å². The lowest BCUT2D eigenvalue weighted by atomic mass is 10.2. The van der Waals surface area contributed by atoms with E-state index in [1.54, 1.807) is 4.68 Å². The molecule has 0 atom stereocenters. The van der Waals surface area contributed by atoms with E-state index < -0.39 is 5.82 Å². The van der Waals surface area contributed by atoms with Gasteiger partial charge in [-0.3, -0.25) is 9.48 Å². The van der Waals surface area contributed by atoms with E-state index in [2.05, 4.69) is 10.4 Å². The number of benzene rings is 1. The average Bonchev–Trinajstić information content (AvgIpc) is 2.77. The van der Waals surface area contributed by atoms with Gasteiger partial charge in [0.15, 0.2) is 0 Å². The molecule has 1 amide bonds. The van der Waals surface area contributed by atoms with E-state index in [1.807, 2.05) is 19.2 Å². The molecule has 0 bridgehead atoms. The minimum absolute atomic E-state index is 0.0144. The van der Waals surface area contributed by atoms with Crippen molar-refractivity contribution in [3.05, 3.63) is 42.0 Å². The van der Waals surface area contributed by atoms with Gasteiger partial charge in [-0.15, -0.1) is 0 Å². The van der Waals surface area contributed by atoms with E-state index in [1.165, 1.54) is 18.2 Å². The van der Waals surface area contributed by atoms with Crippen molar-refractivity contribution in [2.45, 2.75) is 19.9 Å². The molecule has 0 saturated carbocycles. The lowest BCUT2D eigenvalue weighted by Crippen LogP contribution is -2.15. The van der Waals surface area contributed by atoms with Gasteiger partial charge in [-0.25, -0.2) is 4.39 Å². The van der Waals surface area contributed by atoms with E-state index >= 15 is 0 Å². The Morgan fingerprint density at radius 3 is 2.89 bits per heavy atom. The quantitative estimate of drug-likeness (QED) is 0.827. The number of hydrogen-bond donors (Lipinski definition) is 2. The molecule has 1 aromatic carbocycles. The summed E-state index contributed by atoms with van der Waals surface area (Å²) in [6.07, 6.45) is 2.11. The van der Waals surface area contributed by atoms with Crippen molar-refractivity contribution in [3.8, 4) is 0 Å². The normalized spacial score (nSPS) is 10.4. The largest absolute Gasteiger partial charge is 0.396 e. The van der Waals surface area contributed by atoms with Gasteiger partial charge in [0, 0.05) is 24.8 Å². The Bertz CT molecular complexity index is 594. The number of halogens is 1. The maximum absolute atomic E-state index is 13.0. The summed E-state index contributed by atoms with van der Waals surface area (Å²) in [5.41, 5.74) is 6.83. The third-order valence-electron chi connectivity index (χ3n) is 2.62. The zero-order valence-electron chi connectivity index (χ0n) is 10.6. The molecule has 0 spiro atoms. The highest BCUT2D eigenvalue weighted by atomic mass is 19.1. The Hall–Kier alpha value is -2.37. The van der Waals surface area contributed by atoms with E-state index in [-0.39, 0.29) is 11.6 Å². The first-order valence-electron chi connectivity index (χ1n) is 5.89. The third kappa shape index (κ3) is 3.54. The number of carbonyl (C=O) groups is 1. The molecule has 0 aliphatic carbocycles. The fourth-order valence-corrected chi connectivity index (χ4v) is 1.65. The van der Waals surface area contributed by atoms with Gasteiger partial charge in [0.2, 0.25) is 5.91 Å². The number of nitrogen functional groups attached to an aromatic ring is 1. The molecule has 100 valence electrons. The van der Waals surface area contributed by atoms with E-state index in [9.17, 15) is 9.18 Å². The second-order valence-corrected chi connectivity index (χ2v) is 4.25. The van der Waals surface area contributed by atoms with Crippen molar-refractivity contribution < 1.29 is 9.18 Å². The first-order chi connectivity index (χ1) is 9.04. The lowest BCUT2D eigenvalue weighted by molar-refractivity contribution is -0.116. The van der Waals surface area contributed by atoms with Crippen LogP contribution in [0.3, 0.4) is 0 Å². The maximum Gasteiger partial charge on any atom is 0.226 e. The van der Waals surface area contributed by atoms with Gasteiger partial charge in [-0.1, -0.05) is 0 Å². The van der Waals surface area contributed by atoms with Crippen LogP contribution in [0.5, 0.6) is 0 Å². The molecular weight excluding hydrogens is 247 g/mol. The Labute approximate surface area is 110 Å². The summed E-state index contributed by atoms with van der Waals surface area (Å²) in [5, 5.41) is 6.84. The molecule has 5 nitrogen and oxygen atoms in total. The molecular formula is C13H15FN4O. The number of hydrogen-bond acceptors (Lipinski definition) is 3. The number of aromatic nitrogens is 2. The fraction of sp³-hybridized carbons (Fsp3) is 0.231. The van der Waals surface area contributed by atoms with Crippen molar-refractivity contribution in [3.63, 3.8) is 0 Å². The van der Waals surface area contributed by atoms with Crippen LogP contribution in [0, 0.1) is 12.7 Å². The molecule has 2 rings (SSSR count). The van der Waals surface area contributed by atoms with Gasteiger partial charge < -0.3 is 11.1 Å². The summed E-state index contributed by atoms with van der Waals surface area (Å²) < 4.78 is 14.7. The number of rotatable bonds is 4. The molecule has 3 N–H and O–H groups in total. The standard InChI is InChI=1S/C13H15FN4O/c1-9-4-6-18(17-9)7-5-13(19)16-10-2-3-11(14)12(15)8-10/h2-4,6,8H,5,7,15H2,1H3,(H,16,19). The van der Waals surface area contributed by atoms with Crippen LogP contribution < -0.4 is 11.1 Å². The predicted molar refractivity (Wildman–Crippen MR) is 71.0 cm³/mol. The van der Waals surface area contributed by atoms with Gasteiger partial charge in [0.05, 0.1) is 11.4 Å². The molecule has 0 aliphatic heterocycles. The van der Waals surface area contributed by atoms with Crippen LogP contribution in [0.25, 0.3) is 0 Å². The third-order valence-corrected chi connectivity index (χ3v) is 2.62. The zero-order valence-corrected chi connectivity index (χ0v) is 10.6. The molecule has 1 aromatic heterocycles. The SMILES string of the molecule is Cc1ccn(CCC(=O)Nc2ccc(F)c(N)c2)n1. The van der Waals surface area contributed by atoms with Crippen molar-refractivity contribution in [2.75, 3.05) is 11.1 Å². The van der Waals surface area contributed by atoms with Crippen LogP contribution in [0.2, 0.25) is 0 Å². The van der Waals surface area contributed by atoms with E-state index in [0.29, 0.717) is 18.7 Å². The predicted octanol–water partition coefficient (Wildman–Crippen LogP) is 1.94. The number of aryl methyl sites for hydroxylation is 2. The van der Waals surface area contributed by atoms with Crippen LogP contribution in [0.1, 0.15) is 12.1 Å². The van der Waals surface area contributed by atoms with E-state index in [0.717, 1.165) is 5.69 Å². The highest BCUT2D eigenvalue weighted by Crippen LogP contribution is 2.16. The first-order valence-corrected chi connectivity index (χ1v) is 5.89. The van der Waals surface area contributed by atoms with Crippen LogP contribution in [0.15, 0.2) is 30.5 Å². The number of amides is 1. The molecule has 0 fully saturated rings. The number of nitrogens with zero attached hydrogens (tertiary/aromatic N) is 2. The van der Waals surface area contributed by atoms with Gasteiger partial charge >= 0.3 is 0 Å². The molecule has 0 saturated heterocycles. The van der Waals surface area contributed by atoms with Crippen molar-refractivity contribution in [1.82, 2.24) is 9.78 Å². The highest BCUT2D eigenvalue weighted by molar-refractivity contribution is 5.91. The Morgan fingerprint density at radius 1 is 1.47 bits per heavy atom. The second-order valence-electron chi connectivity index (χ2n) is 4.25. The number of nitrogens with two attached hydrogens (primary N) is 1. The lowest BCUT2D eigenvalue weighted by Gasteiger charge is -2.06. The van der Waals surface area contributed by atoms with Crippen molar-refractivity contribution in [1.29, 1.82) is 0 Å². The summed E-state index contributed by atoms with van der Waals surface area (Å²) in [5.74, 6) is -0.663. The summed E-state index contributed by atoms with van der Waals surface area (Å²) in [7, 11) is 0. The number of anilines is 2. The summed E-state index contributed by atoms with van der Waals surface area (Å²) in [4.78, 5) is 11.7. The van der Waals surface area contributed by atoms with Crippen LogP contribution in [-0.4, -0.2) is 15.7 Å². The Balaban J connectivity index is 1.88. The summed E-state index contributed by atoms with van der Waals surface area (Å²) in [6.45, 7) is 2.38. The summed E-state index contributed by atoms with van der Waals surface area (Å²) >= 11 is 0.